The van der Waals surface area contributed by atoms with E-state index in [1.807, 2.05) is 13.0 Å². The Hall–Kier alpha value is -1.72. The number of nitrogens with two attached hydrogens (primary N) is 1. The van der Waals surface area contributed by atoms with E-state index in [4.69, 9.17) is 22.1 Å². The molecule has 0 bridgehead atoms. The lowest BCUT2D eigenvalue weighted by Crippen LogP contribution is -2.47. The van der Waals surface area contributed by atoms with E-state index >= 15 is 0 Å². The number of rotatable bonds is 11. The standard InChI is InChI=1S/C24H32ClNO3/c1-4-24(26,15-27)16-29-14-21-12-11-20(13-22(21)25)23(28)10-6-9-19-8-5-7-17(2)18(19)3/h5,7-8,11-13,27H,4,6,9-10,14-16,26H2,1-3H3. The van der Waals surface area contributed by atoms with Crippen molar-refractivity contribution in [1.82, 2.24) is 0 Å². The molecule has 4 nitrogen and oxygen atoms in total. The van der Waals surface area contributed by atoms with Gasteiger partial charge >= 0.3 is 0 Å². The molecule has 2 aromatic carbocycles. The number of aryl methyl sites for hydroxylation is 2. The van der Waals surface area contributed by atoms with Crippen LogP contribution in [0.2, 0.25) is 5.02 Å². The second-order valence-electron chi connectivity index (χ2n) is 7.81. The molecule has 0 radical (unpaired) electrons. The third kappa shape index (κ3) is 6.65. The third-order valence-electron chi connectivity index (χ3n) is 5.61. The normalized spacial score (nSPS) is 13.3. The molecule has 0 aliphatic carbocycles. The predicted molar refractivity (Wildman–Crippen MR) is 119 cm³/mol. The zero-order valence-electron chi connectivity index (χ0n) is 17.6. The number of ether oxygens (including phenoxy) is 1. The van der Waals surface area contributed by atoms with E-state index in [1.165, 1.54) is 16.7 Å². The molecule has 0 saturated carbocycles. The van der Waals surface area contributed by atoms with Crippen LogP contribution in [0.15, 0.2) is 36.4 Å². The van der Waals surface area contributed by atoms with Gasteiger partial charge in [-0.15, -0.1) is 0 Å². The highest BCUT2D eigenvalue weighted by Gasteiger charge is 2.22. The first-order valence-corrected chi connectivity index (χ1v) is 10.5. The van der Waals surface area contributed by atoms with Gasteiger partial charge in [-0.1, -0.05) is 48.9 Å². The Labute approximate surface area is 179 Å². The van der Waals surface area contributed by atoms with E-state index in [9.17, 15) is 9.90 Å². The van der Waals surface area contributed by atoms with E-state index in [-0.39, 0.29) is 19.0 Å². The molecule has 0 aliphatic rings. The predicted octanol–water partition coefficient (Wildman–Crippen LogP) is 4.78. The highest BCUT2D eigenvalue weighted by Crippen LogP contribution is 2.22. The third-order valence-corrected chi connectivity index (χ3v) is 5.96. The summed E-state index contributed by atoms with van der Waals surface area (Å²) >= 11 is 6.35. The first-order valence-electron chi connectivity index (χ1n) is 10.1. The van der Waals surface area contributed by atoms with Crippen LogP contribution in [-0.4, -0.2) is 29.6 Å². The van der Waals surface area contributed by atoms with Crippen LogP contribution in [0.1, 0.15) is 58.8 Å². The van der Waals surface area contributed by atoms with Crippen molar-refractivity contribution in [3.8, 4) is 0 Å². The minimum atomic E-state index is -0.738. The van der Waals surface area contributed by atoms with E-state index in [1.54, 1.807) is 12.1 Å². The molecule has 158 valence electrons. The Kier molecular flexibility index (Phi) is 8.84. The maximum atomic E-state index is 12.5. The summed E-state index contributed by atoms with van der Waals surface area (Å²) < 4.78 is 5.63. The molecule has 5 heteroatoms. The number of carbonyl (C=O) groups is 1. The highest BCUT2D eigenvalue weighted by atomic mass is 35.5. The fourth-order valence-electron chi connectivity index (χ4n) is 3.13. The fourth-order valence-corrected chi connectivity index (χ4v) is 3.36. The number of halogens is 1. The molecule has 0 aliphatic heterocycles. The van der Waals surface area contributed by atoms with Crippen LogP contribution in [0.25, 0.3) is 0 Å². The van der Waals surface area contributed by atoms with Gasteiger partial charge < -0.3 is 15.6 Å². The van der Waals surface area contributed by atoms with Gasteiger partial charge in [0.25, 0.3) is 0 Å². The molecule has 2 aromatic rings. The van der Waals surface area contributed by atoms with Crippen LogP contribution in [0.3, 0.4) is 0 Å². The lowest BCUT2D eigenvalue weighted by Gasteiger charge is -2.25. The van der Waals surface area contributed by atoms with Crippen LogP contribution in [0.5, 0.6) is 0 Å². The summed E-state index contributed by atoms with van der Waals surface area (Å²) in [4.78, 5) is 12.5. The Morgan fingerprint density at radius 3 is 2.62 bits per heavy atom. The Morgan fingerprint density at radius 2 is 1.97 bits per heavy atom. The van der Waals surface area contributed by atoms with E-state index in [0.717, 1.165) is 18.4 Å². The van der Waals surface area contributed by atoms with Crippen molar-refractivity contribution in [2.75, 3.05) is 13.2 Å². The van der Waals surface area contributed by atoms with Crippen molar-refractivity contribution in [3.05, 3.63) is 69.2 Å². The smallest absolute Gasteiger partial charge is 0.162 e. The highest BCUT2D eigenvalue weighted by molar-refractivity contribution is 6.31. The average molecular weight is 418 g/mol. The largest absolute Gasteiger partial charge is 0.394 e. The zero-order chi connectivity index (χ0) is 21.4. The Balaban J connectivity index is 1.88. The molecule has 3 N–H and O–H groups in total. The van der Waals surface area contributed by atoms with E-state index < -0.39 is 5.54 Å². The molecular weight excluding hydrogens is 386 g/mol. The Morgan fingerprint density at radius 1 is 1.21 bits per heavy atom. The number of aliphatic hydroxyl groups is 1. The van der Waals surface area contributed by atoms with Crippen LogP contribution in [0.4, 0.5) is 0 Å². The zero-order valence-corrected chi connectivity index (χ0v) is 18.4. The van der Waals surface area contributed by atoms with Crippen LogP contribution in [0, 0.1) is 13.8 Å². The summed E-state index contributed by atoms with van der Waals surface area (Å²) in [5.74, 6) is 0.0944. The maximum Gasteiger partial charge on any atom is 0.162 e. The van der Waals surface area contributed by atoms with Gasteiger partial charge in [-0.2, -0.15) is 0 Å². The van der Waals surface area contributed by atoms with Crippen LogP contribution >= 0.6 is 11.6 Å². The van der Waals surface area contributed by atoms with Gasteiger partial charge in [0.1, 0.15) is 0 Å². The fraction of sp³-hybridized carbons (Fsp3) is 0.458. The van der Waals surface area contributed by atoms with Crippen molar-refractivity contribution in [3.63, 3.8) is 0 Å². The summed E-state index contributed by atoms with van der Waals surface area (Å²) in [6.45, 7) is 6.55. The minimum Gasteiger partial charge on any atom is -0.394 e. The van der Waals surface area contributed by atoms with Gasteiger partial charge in [0.2, 0.25) is 0 Å². The molecule has 2 rings (SSSR count). The summed E-state index contributed by atoms with van der Waals surface area (Å²) in [6.07, 6.45) is 2.80. The molecule has 0 amide bonds. The van der Waals surface area contributed by atoms with E-state index in [2.05, 4.69) is 32.0 Å². The quantitative estimate of drug-likeness (QED) is 0.516. The molecule has 0 aromatic heterocycles. The van der Waals surface area contributed by atoms with Gasteiger partial charge in [0, 0.05) is 17.0 Å². The minimum absolute atomic E-state index is 0.0944. The monoisotopic (exact) mass is 417 g/mol. The maximum absolute atomic E-state index is 12.5. The van der Waals surface area contributed by atoms with Gasteiger partial charge in [-0.05, 0) is 61.4 Å². The lowest BCUT2D eigenvalue weighted by molar-refractivity contribution is 0.0441. The first-order chi connectivity index (χ1) is 13.8. The summed E-state index contributed by atoms with van der Waals surface area (Å²) in [5.41, 5.74) is 10.6. The number of aliphatic hydroxyl groups excluding tert-OH is 1. The second-order valence-corrected chi connectivity index (χ2v) is 8.22. The van der Waals surface area contributed by atoms with Gasteiger partial charge in [0.05, 0.1) is 25.4 Å². The van der Waals surface area contributed by atoms with Crippen LogP contribution in [-0.2, 0) is 17.8 Å². The van der Waals surface area contributed by atoms with E-state index in [0.29, 0.717) is 30.0 Å². The number of Topliss-reactive ketones (excluding diaryl/α,β-unsaturated/α-hetero) is 1. The molecule has 1 unspecified atom stereocenters. The number of ketones is 1. The van der Waals surface area contributed by atoms with Crippen molar-refractivity contribution in [2.45, 2.75) is 58.6 Å². The topological polar surface area (TPSA) is 72.6 Å². The molecule has 0 saturated heterocycles. The lowest BCUT2D eigenvalue weighted by atomic mass is 9.97. The summed E-state index contributed by atoms with van der Waals surface area (Å²) in [5, 5.41) is 9.85. The van der Waals surface area contributed by atoms with Gasteiger partial charge in [-0.3, -0.25) is 4.79 Å². The van der Waals surface area contributed by atoms with Crippen molar-refractivity contribution >= 4 is 17.4 Å². The van der Waals surface area contributed by atoms with Crippen molar-refractivity contribution < 1.29 is 14.6 Å². The second kappa shape index (κ2) is 10.9. The molecule has 1 atom stereocenters. The molecule has 0 fully saturated rings. The van der Waals surface area contributed by atoms with Gasteiger partial charge in [0.15, 0.2) is 5.78 Å². The summed E-state index contributed by atoms with van der Waals surface area (Å²) in [6, 6.07) is 11.6. The number of benzene rings is 2. The van der Waals surface area contributed by atoms with Crippen LogP contribution < -0.4 is 5.73 Å². The van der Waals surface area contributed by atoms with Crippen molar-refractivity contribution in [2.24, 2.45) is 5.73 Å². The molecular formula is C24H32ClNO3. The number of hydrogen-bond donors (Lipinski definition) is 2. The summed E-state index contributed by atoms with van der Waals surface area (Å²) in [7, 11) is 0. The Bertz CT molecular complexity index is 831. The SMILES string of the molecule is CCC(N)(CO)COCc1ccc(C(=O)CCCc2cccc(C)c2C)cc1Cl. The number of carbonyl (C=O) groups excluding carboxylic acids is 1. The van der Waals surface area contributed by atoms with Crippen molar-refractivity contribution in [1.29, 1.82) is 0 Å². The van der Waals surface area contributed by atoms with Gasteiger partial charge in [-0.25, -0.2) is 0 Å². The first kappa shape index (κ1) is 23.6. The molecule has 29 heavy (non-hydrogen) atoms. The molecule has 0 spiro atoms. The molecule has 0 heterocycles. The number of hydrogen-bond acceptors (Lipinski definition) is 4. The average Bonchev–Trinajstić information content (AvgIpc) is 2.72.